The number of hydrogen-bond acceptors (Lipinski definition) is 3. The largest absolute Gasteiger partial charge is 0.478 e. The molecule has 1 saturated heterocycles. The molecular weight excluding hydrogens is 240 g/mol. The van der Waals surface area contributed by atoms with Crippen molar-refractivity contribution in [2.45, 2.75) is 38.1 Å². The van der Waals surface area contributed by atoms with Gasteiger partial charge in [0.15, 0.2) is 0 Å². The Morgan fingerprint density at radius 1 is 1.26 bits per heavy atom. The van der Waals surface area contributed by atoms with E-state index < -0.39 is 5.97 Å². The fourth-order valence-electron chi connectivity index (χ4n) is 3.68. The van der Waals surface area contributed by atoms with Crippen LogP contribution in [0.1, 0.15) is 42.5 Å². The molecule has 1 aliphatic carbocycles. The Balaban J connectivity index is 1.93. The Labute approximate surface area is 113 Å². The van der Waals surface area contributed by atoms with Crippen molar-refractivity contribution in [3.8, 4) is 0 Å². The molecule has 1 aromatic carbocycles. The van der Waals surface area contributed by atoms with Crippen molar-refractivity contribution in [2.75, 3.05) is 17.2 Å². The summed E-state index contributed by atoms with van der Waals surface area (Å²) in [4.78, 5) is 13.6. The summed E-state index contributed by atoms with van der Waals surface area (Å²) < 4.78 is 0. The fraction of sp³-hybridized carbons (Fsp3) is 0.533. The number of aromatic carboxylic acids is 1. The second kappa shape index (κ2) is 4.76. The molecule has 1 heterocycles. The van der Waals surface area contributed by atoms with Crippen LogP contribution in [0.3, 0.4) is 0 Å². The van der Waals surface area contributed by atoms with E-state index in [-0.39, 0.29) is 5.56 Å². The molecule has 1 aromatic rings. The van der Waals surface area contributed by atoms with Gasteiger partial charge < -0.3 is 15.7 Å². The molecular formula is C15H20N2O2. The van der Waals surface area contributed by atoms with Gasteiger partial charge in [-0.05, 0) is 49.8 Å². The van der Waals surface area contributed by atoms with E-state index in [9.17, 15) is 9.90 Å². The zero-order chi connectivity index (χ0) is 13.4. The van der Waals surface area contributed by atoms with Gasteiger partial charge in [0, 0.05) is 24.0 Å². The molecule has 2 fully saturated rings. The maximum absolute atomic E-state index is 11.2. The Kier molecular flexibility index (Phi) is 3.09. The van der Waals surface area contributed by atoms with E-state index in [1.54, 1.807) is 12.1 Å². The predicted octanol–water partition coefficient (Wildman–Crippen LogP) is 2.74. The molecule has 3 N–H and O–H groups in total. The Morgan fingerprint density at radius 2 is 2.05 bits per heavy atom. The van der Waals surface area contributed by atoms with Gasteiger partial charge in [-0.15, -0.1) is 0 Å². The number of nitrogens with zero attached hydrogens (tertiary/aromatic N) is 1. The molecule has 0 bridgehead atoms. The lowest BCUT2D eigenvalue weighted by atomic mass is 9.91. The first-order valence-corrected chi connectivity index (χ1v) is 7.06. The number of fused-ring (bicyclic) bond motifs is 1. The minimum atomic E-state index is -0.945. The summed E-state index contributed by atoms with van der Waals surface area (Å²) in [6.45, 7) is 1.03. The summed E-state index contributed by atoms with van der Waals surface area (Å²) in [6.07, 6.45) is 6.38. The summed E-state index contributed by atoms with van der Waals surface area (Å²) in [5, 5.41) is 9.18. The van der Waals surface area contributed by atoms with Crippen LogP contribution in [0.15, 0.2) is 18.2 Å². The number of nitrogen functional groups attached to an aromatic ring is 1. The Bertz CT molecular complexity index is 501. The van der Waals surface area contributed by atoms with Gasteiger partial charge >= 0.3 is 5.97 Å². The van der Waals surface area contributed by atoms with Crippen LogP contribution in [-0.2, 0) is 0 Å². The standard InChI is InChI=1S/C15H20N2O2/c16-13-7-6-11(9-12(13)15(18)19)17-8-2-4-10-3-1-5-14(10)17/h6-7,9-10,14H,1-5,8,16H2,(H,18,19). The van der Waals surface area contributed by atoms with Crippen LogP contribution in [0.25, 0.3) is 0 Å². The number of carboxylic acid groups (broad SMARTS) is 1. The zero-order valence-corrected chi connectivity index (χ0v) is 11.0. The van der Waals surface area contributed by atoms with Gasteiger partial charge in [-0.25, -0.2) is 4.79 Å². The molecule has 0 radical (unpaired) electrons. The molecule has 0 spiro atoms. The second-order valence-electron chi connectivity index (χ2n) is 5.67. The monoisotopic (exact) mass is 260 g/mol. The molecule has 1 aliphatic heterocycles. The number of carboxylic acids is 1. The van der Waals surface area contributed by atoms with E-state index in [4.69, 9.17) is 5.73 Å². The summed E-state index contributed by atoms with van der Waals surface area (Å²) in [7, 11) is 0. The molecule has 2 aliphatic rings. The van der Waals surface area contributed by atoms with Crippen LogP contribution in [-0.4, -0.2) is 23.7 Å². The van der Waals surface area contributed by atoms with Gasteiger partial charge in [-0.1, -0.05) is 6.42 Å². The van der Waals surface area contributed by atoms with E-state index in [0.717, 1.165) is 18.2 Å². The van der Waals surface area contributed by atoms with Crippen molar-refractivity contribution < 1.29 is 9.90 Å². The summed E-state index contributed by atoms with van der Waals surface area (Å²) in [5.74, 6) is -0.154. The van der Waals surface area contributed by atoms with Crippen LogP contribution in [0.4, 0.5) is 11.4 Å². The highest BCUT2D eigenvalue weighted by molar-refractivity contribution is 5.94. The molecule has 1 saturated carbocycles. The molecule has 2 atom stereocenters. The van der Waals surface area contributed by atoms with Crippen molar-refractivity contribution in [3.63, 3.8) is 0 Å². The Hall–Kier alpha value is -1.71. The lowest BCUT2D eigenvalue weighted by Crippen LogP contribution is -2.42. The normalized spacial score (nSPS) is 26.2. The molecule has 4 nitrogen and oxygen atoms in total. The van der Waals surface area contributed by atoms with Gasteiger partial charge in [-0.3, -0.25) is 0 Å². The molecule has 2 unspecified atom stereocenters. The number of carbonyl (C=O) groups is 1. The van der Waals surface area contributed by atoms with Crippen LogP contribution in [0.2, 0.25) is 0 Å². The van der Waals surface area contributed by atoms with Crippen molar-refractivity contribution in [1.82, 2.24) is 0 Å². The van der Waals surface area contributed by atoms with Gasteiger partial charge in [0.1, 0.15) is 0 Å². The highest BCUT2D eigenvalue weighted by Crippen LogP contribution is 2.39. The van der Waals surface area contributed by atoms with Gasteiger partial charge in [-0.2, -0.15) is 0 Å². The molecule has 0 amide bonds. The number of nitrogens with two attached hydrogens (primary N) is 1. The maximum Gasteiger partial charge on any atom is 0.337 e. The number of hydrogen-bond donors (Lipinski definition) is 2. The number of rotatable bonds is 2. The van der Waals surface area contributed by atoms with Crippen LogP contribution in [0, 0.1) is 5.92 Å². The second-order valence-corrected chi connectivity index (χ2v) is 5.67. The average molecular weight is 260 g/mol. The summed E-state index contributed by atoms with van der Waals surface area (Å²) in [5.41, 5.74) is 7.31. The van der Waals surface area contributed by atoms with Crippen LogP contribution >= 0.6 is 0 Å². The third-order valence-corrected chi connectivity index (χ3v) is 4.59. The lowest BCUT2D eigenvalue weighted by Gasteiger charge is -2.39. The van der Waals surface area contributed by atoms with Gasteiger partial charge in [0.05, 0.1) is 5.56 Å². The van der Waals surface area contributed by atoms with E-state index >= 15 is 0 Å². The first-order chi connectivity index (χ1) is 9.16. The van der Waals surface area contributed by atoms with Crippen molar-refractivity contribution in [3.05, 3.63) is 23.8 Å². The molecule has 19 heavy (non-hydrogen) atoms. The van der Waals surface area contributed by atoms with Crippen molar-refractivity contribution in [2.24, 2.45) is 5.92 Å². The molecule has 3 rings (SSSR count). The molecule has 4 heteroatoms. The van der Waals surface area contributed by atoms with E-state index in [2.05, 4.69) is 4.90 Å². The topological polar surface area (TPSA) is 66.6 Å². The minimum absolute atomic E-state index is 0.220. The number of piperidine rings is 1. The smallest absolute Gasteiger partial charge is 0.337 e. The first kappa shape index (κ1) is 12.3. The maximum atomic E-state index is 11.2. The highest BCUT2D eigenvalue weighted by Gasteiger charge is 2.35. The quantitative estimate of drug-likeness (QED) is 0.802. The average Bonchev–Trinajstić information content (AvgIpc) is 2.87. The van der Waals surface area contributed by atoms with Crippen LogP contribution < -0.4 is 10.6 Å². The third-order valence-electron chi connectivity index (χ3n) is 4.59. The zero-order valence-electron chi connectivity index (χ0n) is 11.0. The van der Waals surface area contributed by atoms with Crippen LogP contribution in [0.5, 0.6) is 0 Å². The number of anilines is 2. The number of benzene rings is 1. The van der Waals surface area contributed by atoms with E-state index in [0.29, 0.717) is 11.7 Å². The Morgan fingerprint density at radius 3 is 2.84 bits per heavy atom. The van der Waals surface area contributed by atoms with Crippen molar-refractivity contribution in [1.29, 1.82) is 0 Å². The molecule has 102 valence electrons. The lowest BCUT2D eigenvalue weighted by molar-refractivity contribution is 0.0698. The first-order valence-electron chi connectivity index (χ1n) is 7.06. The SMILES string of the molecule is Nc1ccc(N2CCCC3CCCC32)cc1C(=O)O. The fourth-order valence-corrected chi connectivity index (χ4v) is 3.68. The summed E-state index contributed by atoms with van der Waals surface area (Å²) in [6, 6.07) is 6.01. The minimum Gasteiger partial charge on any atom is -0.478 e. The summed E-state index contributed by atoms with van der Waals surface area (Å²) >= 11 is 0. The van der Waals surface area contributed by atoms with E-state index in [1.807, 2.05) is 6.07 Å². The third kappa shape index (κ3) is 2.15. The van der Waals surface area contributed by atoms with Crippen molar-refractivity contribution >= 4 is 17.3 Å². The predicted molar refractivity (Wildman–Crippen MR) is 75.5 cm³/mol. The van der Waals surface area contributed by atoms with Gasteiger partial charge in [0.2, 0.25) is 0 Å². The van der Waals surface area contributed by atoms with Gasteiger partial charge in [0.25, 0.3) is 0 Å². The highest BCUT2D eigenvalue weighted by atomic mass is 16.4. The van der Waals surface area contributed by atoms with E-state index in [1.165, 1.54) is 32.1 Å². The molecule has 0 aromatic heterocycles.